The van der Waals surface area contributed by atoms with Gasteiger partial charge >= 0.3 is 5.97 Å². The van der Waals surface area contributed by atoms with Gasteiger partial charge in [0.1, 0.15) is 11.3 Å². The van der Waals surface area contributed by atoms with E-state index in [1.54, 1.807) is 24.3 Å². The van der Waals surface area contributed by atoms with Gasteiger partial charge in [-0.25, -0.2) is 4.79 Å². The Bertz CT molecular complexity index is 892. The minimum absolute atomic E-state index is 0.225. The molecule has 2 aromatic rings. The van der Waals surface area contributed by atoms with Gasteiger partial charge < -0.3 is 20.1 Å². The van der Waals surface area contributed by atoms with Crippen LogP contribution in [0.2, 0.25) is 0 Å². The standard InChI is InChI=1S/C21H24N2O5/c1-13-8-9-18(27-4)16(10-13)21(26)28-12-20(25)22-11-19(24)23-17-7-5-6-14(2)15(17)3/h5-10H,11-12H2,1-4H3,(H,22,25)(H,23,24). The molecule has 0 heterocycles. The van der Waals surface area contributed by atoms with E-state index in [2.05, 4.69) is 10.6 Å². The Morgan fingerprint density at radius 1 is 1.00 bits per heavy atom. The van der Waals surface area contributed by atoms with Crippen molar-refractivity contribution in [2.75, 3.05) is 25.6 Å². The van der Waals surface area contributed by atoms with Gasteiger partial charge in [-0.2, -0.15) is 0 Å². The maximum absolute atomic E-state index is 12.2. The molecule has 28 heavy (non-hydrogen) atoms. The zero-order valence-corrected chi connectivity index (χ0v) is 16.4. The molecule has 0 fully saturated rings. The number of anilines is 1. The summed E-state index contributed by atoms with van der Waals surface area (Å²) < 4.78 is 10.1. The number of hydrogen-bond acceptors (Lipinski definition) is 5. The predicted octanol–water partition coefficient (Wildman–Crippen LogP) is 2.53. The largest absolute Gasteiger partial charge is 0.496 e. The van der Waals surface area contributed by atoms with Gasteiger partial charge in [0.2, 0.25) is 5.91 Å². The summed E-state index contributed by atoms with van der Waals surface area (Å²) in [5.74, 6) is -1.25. The molecule has 0 aromatic heterocycles. The molecular weight excluding hydrogens is 360 g/mol. The molecule has 7 heteroatoms. The summed E-state index contributed by atoms with van der Waals surface area (Å²) in [5.41, 5.74) is 3.81. The van der Waals surface area contributed by atoms with Crippen molar-refractivity contribution in [3.8, 4) is 5.75 Å². The molecule has 2 aromatic carbocycles. The van der Waals surface area contributed by atoms with E-state index in [1.807, 2.05) is 32.9 Å². The van der Waals surface area contributed by atoms with Gasteiger partial charge in [-0.1, -0.05) is 23.8 Å². The normalized spacial score (nSPS) is 10.1. The van der Waals surface area contributed by atoms with Gasteiger partial charge in [-0.05, 0) is 50.1 Å². The average Bonchev–Trinajstić information content (AvgIpc) is 2.68. The number of carbonyl (C=O) groups is 3. The third-order valence-electron chi connectivity index (χ3n) is 4.23. The van der Waals surface area contributed by atoms with Crippen molar-refractivity contribution in [1.29, 1.82) is 0 Å². The first-order chi connectivity index (χ1) is 13.3. The third-order valence-corrected chi connectivity index (χ3v) is 4.23. The number of nitrogens with one attached hydrogen (secondary N) is 2. The summed E-state index contributed by atoms with van der Waals surface area (Å²) in [5, 5.41) is 5.16. The lowest BCUT2D eigenvalue weighted by Gasteiger charge is -2.11. The minimum Gasteiger partial charge on any atom is -0.496 e. The molecule has 2 N–H and O–H groups in total. The van der Waals surface area contributed by atoms with E-state index in [-0.39, 0.29) is 18.0 Å². The zero-order valence-electron chi connectivity index (χ0n) is 16.4. The molecule has 0 saturated carbocycles. The molecule has 2 amide bonds. The van der Waals surface area contributed by atoms with E-state index < -0.39 is 18.5 Å². The average molecular weight is 384 g/mol. The number of carbonyl (C=O) groups excluding carboxylic acids is 3. The second-order valence-electron chi connectivity index (χ2n) is 6.35. The Morgan fingerprint density at radius 3 is 2.46 bits per heavy atom. The van der Waals surface area contributed by atoms with Gasteiger partial charge in [0.15, 0.2) is 6.61 Å². The number of hydrogen-bond donors (Lipinski definition) is 2. The van der Waals surface area contributed by atoms with Crippen LogP contribution in [-0.4, -0.2) is 38.0 Å². The summed E-state index contributed by atoms with van der Waals surface area (Å²) in [4.78, 5) is 36.1. The number of methoxy groups -OCH3 is 1. The van der Waals surface area contributed by atoms with Gasteiger partial charge in [0.25, 0.3) is 5.91 Å². The van der Waals surface area contributed by atoms with Crippen molar-refractivity contribution in [3.63, 3.8) is 0 Å². The number of benzene rings is 2. The van der Waals surface area contributed by atoms with Crippen LogP contribution in [0.1, 0.15) is 27.0 Å². The molecule has 0 atom stereocenters. The van der Waals surface area contributed by atoms with Crippen LogP contribution in [0.5, 0.6) is 5.75 Å². The molecule has 0 spiro atoms. The van der Waals surface area contributed by atoms with Crippen molar-refractivity contribution in [2.45, 2.75) is 20.8 Å². The number of ether oxygens (including phenoxy) is 2. The van der Waals surface area contributed by atoms with Gasteiger partial charge in [0.05, 0.1) is 13.7 Å². The number of esters is 1. The molecule has 148 valence electrons. The van der Waals surface area contributed by atoms with Crippen molar-refractivity contribution in [3.05, 3.63) is 58.7 Å². The van der Waals surface area contributed by atoms with Crippen molar-refractivity contribution in [2.24, 2.45) is 0 Å². The summed E-state index contributed by atoms with van der Waals surface area (Å²) in [6.07, 6.45) is 0. The Morgan fingerprint density at radius 2 is 1.75 bits per heavy atom. The summed E-state index contributed by atoms with van der Waals surface area (Å²) in [6, 6.07) is 10.7. The molecule has 0 aliphatic carbocycles. The summed E-state index contributed by atoms with van der Waals surface area (Å²) in [7, 11) is 1.45. The van der Waals surface area contributed by atoms with Crippen LogP contribution in [0.3, 0.4) is 0 Å². The second kappa shape index (κ2) is 9.55. The van der Waals surface area contributed by atoms with E-state index >= 15 is 0 Å². The van der Waals surface area contributed by atoms with Gasteiger partial charge in [0, 0.05) is 5.69 Å². The lowest BCUT2D eigenvalue weighted by Crippen LogP contribution is -2.35. The van der Waals surface area contributed by atoms with Crippen LogP contribution in [0.15, 0.2) is 36.4 Å². The topological polar surface area (TPSA) is 93.7 Å². The van der Waals surface area contributed by atoms with E-state index in [4.69, 9.17) is 9.47 Å². The lowest BCUT2D eigenvalue weighted by molar-refractivity contribution is -0.126. The van der Waals surface area contributed by atoms with Crippen molar-refractivity contribution < 1.29 is 23.9 Å². The molecule has 0 bridgehead atoms. The quantitative estimate of drug-likeness (QED) is 0.716. The first-order valence-electron chi connectivity index (χ1n) is 8.76. The fourth-order valence-corrected chi connectivity index (χ4v) is 2.50. The molecule has 0 aliphatic rings. The summed E-state index contributed by atoms with van der Waals surface area (Å²) >= 11 is 0. The second-order valence-corrected chi connectivity index (χ2v) is 6.35. The Balaban J connectivity index is 1.83. The highest BCUT2D eigenvalue weighted by Crippen LogP contribution is 2.20. The number of amides is 2. The minimum atomic E-state index is -0.671. The molecule has 0 aliphatic heterocycles. The van der Waals surface area contributed by atoms with Gasteiger partial charge in [-0.3, -0.25) is 9.59 Å². The molecular formula is C21H24N2O5. The van der Waals surface area contributed by atoms with E-state index in [9.17, 15) is 14.4 Å². The maximum Gasteiger partial charge on any atom is 0.342 e. The van der Waals surface area contributed by atoms with E-state index in [0.717, 1.165) is 16.7 Å². The monoisotopic (exact) mass is 384 g/mol. The SMILES string of the molecule is COc1ccc(C)cc1C(=O)OCC(=O)NCC(=O)Nc1cccc(C)c1C. The Labute approximate surface area is 164 Å². The van der Waals surface area contributed by atoms with Crippen LogP contribution in [0.4, 0.5) is 5.69 Å². The smallest absolute Gasteiger partial charge is 0.342 e. The van der Waals surface area contributed by atoms with Gasteiger partial charge in [-0.15, -0.1) is 0 Å². The molecule has 7 nitrogen and oxygen atoms in total. The summed E-state index contributed by atoms with van der Waals surface area (Å²) in [6.45, 7) is 4.97. The number of aryl methyl sites for hydroxylation is 2. The van der Waals surface area contributed by atoms with E-state index in [0.29, 0.717) is 11.4 Å². The predicted molar refractivity (Wildman–Crippen MR) is 106 cm³/mol. The zero-order chi connectivity index (χ0) is 20.7. The molecule has 0 unspecified atom stereocenters. The Hall–Kier alpha value is -3.35. The van der Waals surface area contributed by atoms with Crippen LogP contribution < -0.4 is 15.4 Å². The first-order valence-corrected chi connectivity index (χ1v) is 8.76. The highest BCUT2D eigenvalue weighted by molar-refractivity contribution is 5.96. The van der Waals surface area contributed by atoms with Crippen LogP contribution in [0, 0.1) is 20.8 Å². The fraction of sp³-hybridized carbons (Fsp3) is 0.286. The lowest BCUT2D eigenvalue weighted by atomic mass is 10.1. The third kappa shape index (κ3) is 5.57. The molecule has 0 radical (unpaired) electrons. The highest BCUT2D eigenvalue weighted by Gasteiger charge is 2.16. The number of rotatable bonds is 7. The van der Waals surface area contributed by atoms with Crippen molar-refractivity contribution in [1.82, 2.24) is 5.32 Å². The molecule has 0 saturated heterocycles. The van der Waals surface area contributed by atoms with Crippen LogP contribution in [0.25, 0.3) is 0 Å². The van der Waals surface area contributed by atoms with Crippen molar-refractivity contribution >= 4 is 23.5 Å². The first kappa shape index (κ1) is 21.0. The van der Waals surface area contributed by atoms with Crippen LogP contribution in [-0.2, 0) is 14.3 Å². The highest BCUT2D eigenvalue weighted by atomic mass is 16.5. The van der Waals surface area contributed by atoms with E-state index in [1.165, 1.54) is 7.11 Å². The Kier molecular flexibility index (Phi) is 7.14. The molecule has 2 rings (SSSR count). The fourth-order valence-electron chi connectivity index (χ4n) is 2.50. The maximum atomic E-state index is 12.2. The van der Waals surface area contributed by atoms with Crippen LogP contribution >= 0.6 is 0 Å².